The van der Waals surface area contributed by atoms with E-state index >= 15 is 0 Å². The van der Waals surface area contributed by atoms with Gasteiger partial charge in [-0.05, 0) is 37.8 Å². The molecule has 4 heteroatoms. The summed E-state index contributed by atoms with van der Waals surface area (Å²) in [5, 5.41) is 12.4. The van der Waals surface area contributed by atoms with Gasteiger partial charge in [0.2, 0.25) is 0 Å². The van der Waals surface area contributed by atoms with Crippen molar-refractivity contribution in [3.8, 4) is 5.69 Å². The van der Waals surface area contributed by atoms with Crippen LogP contribution in [0, 0.1) is 5.41 Å². The zero-order valence-electron chi connectivity index (χ0n) is 13.7. The molecule has 1 N–H and O–H groups in total. The highest BCUT2D eigenvalue weighted by Gasteiger charge is 2.25. The molecule has 0 bridgehead atoms. The van der Waals surface area contributed by atoms with Gasteiger partial charge in [-0.15, -0.1) is 0 Å². The summed E-state index contributed by atoms with van der Waals surface area (Å²) in [5.41, 5.74) is 2.32. The normalized spacial score (nSPS) is 12.6. The zero-order chi connectivity index (χ0) is 15.5. The van der Waals surface area contributed by atoms with Crippen LogP contribution < -0.4 is 5.32 Å². The number of rotatable bonds is 5. The van der Waals surface area contributed by atoms with Crippen molar-refractivity contribution < 1.29 is 0 Å². The highest BCUT2D eigenvalue weighted by Crippen LogP contribution is 2.26. The first-order valence-corrected chi connectivity index (χ1v) is 7.47. The largest absolute Gasteiger partial charge is 0.306 e. The van der Waals surface area contributed by atoms with Gasteiger partial charge >= 0.3 is 0 Å². The maximum Gasteiger partial charge on any atom is 0.0969 e. The predicted molar refractivity (Wildman–Crippen MR) is 86.3 cm³/mol. The SMILES string of the molecule is CC(C)(C)CC(C)(C)NCc1cnn(-c2ccccc2)n1. The topological polar surface area (TPSA) is 42.7 Å². The summed E-state index contributed by atoms with van der Waals surface area (Å²) in [5.74, 6) is 0. The number of aromatic nitrogens is 3. The molecule has 0 saturated carbocycles. The molecule has 2 rings (SSSR count). The molecule has 0 aliphatic carbocycles. The maximum absolute atomic E-state index is 4.52. The first-order valence-electron chi connectivity index (χ1n) is 7.47. The molecule has 1 aromatic carbocycles. The third-order valence-corrected chi connectivity index (χ3v) is 3.25. The molecule has 1 aromatic heterocycles. The quantitative estimate of drug-likeness (QED) is 0.913. The van der Waals surface area contributed by atoms with Crippen LogP contribution in [-0.4, -0.2) is 20.5 Å². The van der Waals surface area contributed by atoms with Gasteiger partial charge < -0.3 is 5.32 Å². The van der Waals surface area contributed by atoms with Crippen LogP contribution >= 0.6 is 0 Å². The fourth-order valence-electron chi connectivity index (χ4n) is 2.78. The Morgan fingerprint density at radius 2 is 1.71 bits per heavy atom. The molecule has 0 fully saturated rings. The Hall–Kier alpha value is -1.68. The lowest BCUT2D eigenvalue weighted by molar-refractivity contribution is 0.240. The van der Waals surface area contributed by atoms with E-state index in [2.05, 4.69) is 50.1 Å². The lowest BCUT2D eigenvalue weighted by Crippen LogP contribution is -2.41. The molecule has 2 aromatic rings. The van der Waals surface area contributed by atoms with Crippen LogP contribution in [0.5, 0.6) is 0 Å². The van der Waals surface area contributed by atoms with E-state index in [9.17, 15) is 0 Å². The summed E-state index contributed by atoms with van der Waals surface area (Å²) >= 11 is 0. The van der Waals surface area contributed by atoms with Crippen LogP contribution in [0.2, 0.25) is 0 Å². The summed E-state index contributed by atoms with van der Waals surface area (Å²) in [6.45, 7) is 12.0. The van der Waals surface area contributed by atoms with Crippen LogP contribution in [0.1, 0.15) is 46.7 Å². The van der Waals surface area contributed by atoms with Crippen LogP contribution in [-0.2, 0) is 6.54 Å². The molecule has 0 atom stereocenters. The van der Waals surface area contributed by atoms with Crippen LogP contribution in [0.15, 0.2) is 36.5 Å². The zero-order valence-corrected chi connectivity index (χ0v) is 13.7. The third-order valence-electron chi connectivity index (χ3n) is 3.25. The molecule has 0 spiro atoms. The van der Waals surface area contributed by atoms with E-state index in [0.29, 0.717) is 5.41 Å². The van der Waals surface area contributed by atoms with Crippen molar-refractivity contribution in [1.82, 2.24) is 20.3 Å². The van der Waals surface area contributed by atoms with E-state index in [-0.39, 0.29) is 5.54 Å². The highest BCUT2D eigenvalue weighted by molar-refractivity contribution is 5.28. The number of hydrogen-bond donors (Lipinski definition) is 1. The third kappa shape index (κ3) is 4.97. The fraction of sp³-hybridized carbons (Fsp3) is 0.529. The van der Waals surface area contributed by atoms with Crippen molar-refractivity contribution in [2.75, 3.05) is 0 Å². The van der Waals surface area contributed by atoms with Gasteiger partial charge in [0.15, 0.2) is 0 Å². The van der Waals surface area contributed by atoms with Gasteiger partial charge in [0.1, 0.15) is 0 Å². The molecule has 0 unspecified atom stereocenters. The number of hydrogen-bond acceptors (Lipinski definition) is 3. The van der Waals surface area contributed by atoms with Gasteiger partial charge in [-0.1, -0.05) is 39.0 Å². The second-order valence-electron chi connectivity index (χ2n) is 7.44. The van der Waals surface area contributed by atoms with Gasteiger partial charge in [0.05, 0.1) is 17.6 Å². The summed E-state index contributed by atoms with van der Waals surface area (Å²) in [4.78, 5) is 1.67. The van der Waals surface area contributed by atoms with Crippen LogP contribution in [0.3, 0.4) is 0 Å². The van der Waals surface area contributed by atoms with E-state index in [0.717, 1.165) is 24.3 Å². The first-order chi connectivity index (χ1) is 9.75. The molecular formula is C17H26N4. The van der Waals surface area contributed by atoms with Gasteiger partial charge in [0.25, 0.3) is 0 Å². The predicted octanol–water partition coefficient (Wildman–Crippen LogP) is 3.57. The molecule has 0 aliphatic rings. The van der Waals surface area contributed by atoms with Crippen molar-refractivity contribution >= 4 is 0 Å². The maximum atomic E-state index is 4.52. The molecule has 0 aliphatic heterocycles. The van der Waals surface area contributed by atoms with Crippen molar-refractivity contribution in [3.63, 3.8) is 0 Å². The smallest absolute Gasteiger partial charge is 0.0969 e. The number of nitrogens with one attached hydrogen (secondary N) is 1. The minimum Gasteiger partial charge on any atom is -0.306 e. The standard InChI is InChI=1S/C17H26N4/c1-16(2,3)13-17(4,5)18-11-14-12-19-21(20-14)15-9-7-6-8-10-15/h6-10,12,18H,11,13H2,1-5H3. The summed E-state index contributed by atoms with van der Waals surface area (Å²) in [6, 6.07) is 9.97. The molecule has 4 nitrogen and oxygen atoms in total. The second-order valence-corrected chi connectivity index (χ2v) is 7.44. The average Bonchev–Trinajstić information content (AvgIpc) is 2.84. The fourth-order valence-corrected chi connectivity index (χ4v) is 2.78. The lowest BCUT2D eigenvalue weighted by Gasteiger charge is -2.33. The minimum absolute atomic E-state index is 0.0782. The molecule has 1 heterocycles. The monoisotopic (exact) mass is 286 g/mol. The Morgan fingerprint density at radius 3 is 2.33 bits per heavy atom. The molecule has 114 valence electrons. The average molecular weight is 286 g/mol. The Balaban J connectivity index is 1.97. The minimum atomic E-state index is 0.0782. The Bertz CT molecular complexity index is 564. The molecule has 0 saturated heterocycles. The highest BCUT2D eigenvalue weighted by atomic mass is 15.5. The first kappa shape index (κ1) is 15.7. The van der Waals surface area contributed by atoms with Crippen molar-refractivity contribution in [3.05, 3.63) is 42.2 Å². The van der Waals surface area contributed by atoms with Crippen LogP contribution in [0.4, 0.5) is 0 Å². The van der Waals surface area contributed by atoms with Crippen LogP contribution in [0.25, 0.3) is 5.69 Å². The van der Waals surface area contributed by atoms with Gasteiger partial charge in [0, 0.05) is 12.1 Å². The van der Waals surface area contributed by atoms with E-state index in [1.807, 2.05) is 36.5 Å². The van der Waals surface area contributed by atoms with Crippen molar-refractivity contribution in [2.24, 2.45) is 5.41 Å². The lowest BCUT2D eigenvalue weighted by atomic mass is 9.82. The van der Waals surface area contributed by atoms with E-state index < -0.39 is 0 Å². The summed E-state index contributed by atoms with van der Waals surface area (Å²) in [6.07, 6.45) is 2.93. The molecule has 0 radical (unpaired) electrons. The van der Waals surface area contributed by atoms with Crippen molar-refractivity contribution in [1.29, 1.82) is 0 Å². The Morgan fingerprint density at radius 1 is 1.05 bits per heavy atom. The Labute approximate surface area is 127 Å². The van der Waals surface area contributed by atoms with E-state index in [1.54, 1.807) is 4.80 Å². The van der Waals surface area contributed by atoms with E-state index in [1.165, 1.54) is 0 Å². The van der Waals surface area contributed by atoms with Crippen molar-refractivity contribution in [2.45, 2.75) is 53.1 Å². The molecular weight excluding hydrogens is 260 g/mol. The number of nitrogens with zero attached hydrogens (tertiary/aromatic N) is 3. The Kier molecular flexibility index (Phi) is 4.47. The molecule has 0 amide bonds. The van der Waals surface area contributed by atoms with E-state index in [4.69, 9.17) is 0 Å². The number of benzene rings is 1. The van der Waals surface area contributed by atoms with Gasteiger partial charge in [-0.3, -0.25) is 0 Å². The number of para-hydroxylation sites is 1. The summed E-state index contributed by atoms with van der Waals surface area (Å²) in [7, 11) is 0. The molecule has 21 heavy (non-hydrogen) atoms. The van der Waals surface area contributed by atoms with Gasteiger partial charge in [-0.25, -0.2) is 0 Å². The van der Waals surface area contributed by atoms with Gasteiger partial charge in [-0.2, -0.15) is 15.0 Å². The second kappa shape index (κ2) is 5.98. The summed E-state index contributed by atoms with van der Waals surface area (Å²) < 4.78 is 0.